The molecule has 0 radical (unpaired) electrons. The summed E-state index contributed by atoms with van der Waals surface area (Å²) >= 11 is 0. The van der Waals surface area contributed by atoms with E-state index in [-0.39, 0.29) is 0 Å². The zero-order valence-electron chi connectivity index (χ0n) is 10.8. The van der Waals surface area contributed by atoms with Crippen molar-refractivity contribution in [2.75, 3.05) is 25.5 Å². The van der Waals surface area contributed by atoms with Crippen LogP contribution in [-0.2, 0) is 0 Å². The Morgan fingerprint density at radius 3 is 2.71 bits per heavy atom. The van der Waals surface area contributed by atoms with Crippen LogP contribution in [0.2, 0.25) is 0 Å². The first-order valence-electron chi connectivity index (χ1n) is 6.50. The summed E-state index contributed by atoms with van der Waals surface area (Å²) in [4.78, 5) is 2.46. The van der Waals surface area contributed by atoms with Crippen molar-refractivity contribution in [3.63, 3.8) is 0 Å². The third kappa shape index (κ3) is 3.66. The molecule has 1 aromatic heterocycles. The number of nitrogens with one attached hydrogen (secondary N) is 1. The monoisotopic (exact) mass is 234 g/mol. The minimum Gasteiger partial charge on any atom is -0.367 e. The number of hydrogen-bond acceptors (Lipinski definition) is 4. The number of hydrogen-bond donors (Lipinski definition) is 1. The Balaban J connectivity index is 1.70. The van der Waals surface area contributed by atoms with Gasteiger partial charge in [0, 0.05) is 19.1 Å². The number of nitrogens with zero attached hydrogens (tertiary/aromatic N) is 3. The zero-order chi connectivity index (χ0) is 12.1. The first kappa shape index (κ1) is 12.3. The molecule has 17 heavy (non-hydrogen) atoms. The molecular formula is C13H22N4. The molecule has 94 valence electrons. The van der Waals surface area contributed by atoms with E-state index in [4.69, 9.17) is 0 Å². The Kier molecular flexibility index (Phi) is 4.31. The van der Waals surface area contributed by atoms with Gasteiger partial charge in [-0.25, -0.2) is 0 Å². The first-order chi connectivity index (χ1) is 8.25. The molecule has 0 bridgehead atoms. The van der Waals surface area contributed by atoms with E-state index in [1.807, 2.05) is 19.1 Å². The molecule has 0 spiro atoms. The van der Waals surface area contributed by atoms with E-state index in [0.717, 1.165) is 30.6 Å². The highest BCUT2D eigenvalue weighted by molar-refractivity contribution is 5.32. The van der Waals surface area contributed by atoms with Crippen molar-refractivity contribution in [1.82, 2.24) is 15.1 Å². The molecule has 0 saturated heterocycles. The summed E-state index contributed by atoms with van der Waals surface area (Å²) in [7, 11) is 2.22. The summed E-state index contributed by atoms with van der Waals surface area (Å²) < 4.78 is 0. The molecule has 1 N–H and O–H groups in total. The highest BCUT2D eigenvalue weighted by atomic mass is 15.2. The standard InChI is InChI=1S/C13H22N4/c1-11-7-8-13(16-15-11)14-9-10-17(2)12-5-3-4-6-12/h7-8,12H,3-6,9-10H2,1-2H3,(H,14,16). The van der Waals surface area contributed by atoms with Crippen LogP contribution in [0.3, 0.4) is 0 Å². The quantitative estimate of drug-likeness (QED) is 0.847. The average molecular weight is 234 g/mol. The molecule has 1 fully saturated rings. The Hall–Kier alpha value is -1.16. The normalized spacial score (nSPS) is 16.6. The molecule has 0 atom stereocenters. The fourth-order valence-electron chi connectivity index (χ4n) is 2.38. The summed E-state index contributed by atoms with van der Waals surface area (Å²) in [6.45, 7) is 3.95. The molecule has 4 heteroatoms. The summed E-state index contributed by atoms with van der Waals surface area (Å²) in [6.07, 6.45) is 5.51. The summed E-state index contributed by atoms with van der Waals surface area (Å²) in [5, 5.41) is 11.4. The van der Waals surface area contributed by atoms with Gasteiger partial charge < -0.3 is 10.2 Å². The zero-order valence-corrected chi connectivity index (χ0v) is 10.8. The lowest BCUT2D eigenvalue weighted by molar-refractivity contribution is 0.254. The van der Waals surface area contributed by atoms with Gasteiger partial charge in [-0.3, -0.25) is 0 Å². The van der Waals surface area contributed by atoms with Crippen LogP contribution in [0.1, 0.15) is 31.4 Å². The van der Waals surface area contributed by atoms with Crippen molar-refractivity contribution in [1.29, 1.82) is 0 Å². The summed E-state index contributed by atoms with van der Waals surface area (Å²) in [6, 6.07) is 4.76. The van der Waals surface area contributed by atoms with Crippen molar-refractivity contribution in [3.05, 3.63) is 17.8 Å². The SMILES string of the molecule is Cc1ccc(NCCN(C)C2CCCC2)nn1. The number of aromatic nitrogens is 2. The molecule has 0 unspecified atom stereocenters. The third-order valence-electron chi connectivity index (χ3n) is 3.52. The van der Waals surface area contributed by atoms with E-state index in [1.165, 1.54) is 25.7 Å². The van der Waals surface area contributed by atoms with Gasteiger partial charge in [0.05, 0.1) is 5.69 Å². The molecule has 1 aromatic rings. The van der Waals surface area contributed by atoms with Gasteiger partial charge in [0.1, 0.15) is 5.82 Å². The van der Waals surface area contributed by atoms with Crippen LogP contribution in [0.5, 0.6) is 0 Å². The topological polar surface area (TPSA) is 41.0 Å². The molecule has 1 saturated carbocycles. The van der Waals surface area contributed by atoms with E-state index in [0.29, 0.717) is 0 Å². The Bertz CT molecular complexity index is 330. The molecule has 2 rings (SSSR count). The van der Waals surface area contributed by atoms with Crippen LogP contribution in [0, 0.1) is 6.92 Å². The van der Waals surface area contributed by atoms with Gasteiger partial charge in [-0.2, -0.15) is 5.10 Å². The Labute approximate surface area is 103 Å². The van der Waals surface area contributed by atoms with Gasteiger partial charge in [-0.1, -0.05) is 12.8 Å². The Morgan fingerprint density at radius 2 is 2.06 bits per heavy atom. The van der Waals surface area contributed by atoms with Crippen molar-refractivity contribution in [2.24, 2.45) is 0 Å². The van der Waals surface area contributed by atoms with Gasteiger partial charge >= 0.3 is 0 Å². The van der Waals surface area contributed by atoms with Gasteiger partial charge in [-0.05, 0) is 38.9 Å². The van der Waals surface area contributed by atoms with Crippen molar-refractivity contribution >= 4 is 5.82 Å². The van der Waals surface area contributed by atoms with E-state index < -0.39 is 0 Å². The van der Waals surface area contributed by atoms with Crippen LogP contribution in [0.4, 0.5) is 5.82 Å². The lowest BCUT2D eigenvalue weighted by Crippen LogP contribution is -2.33. The van der Waals surface area contributed by atoms with E-state index in [2.05, 4.69) is 27.5 Å². The smallest absolute Gasteiger partial charge is 0.148 e. The van der Waals surface area contributed by atoms with Crippen molar-refractivity contribution in [2.45, 2.75) is 38.6 Å². The van der Waals surface area contributed by atoms with Crippen LogP contribution < -0.4 is 5.32 Å². The van der Waals surface area contributed by atoms with Crippen LogP contribution in [0.25, 0.3) is 0 Å². The largest absolute Gasteiger partial charge is 0.367 e. The molecule has 0 amide bonds. The second kappa shape index (κ2) is 5.96. The number of aryl methyl sites for hydroxylation is 1. The van der Waals surface area contributed by atoms with E-state index in [9.17, 15) is 0 Å². The predicted molar refractivity (Wildman–Crippen MR) is 70.1 cm³/mol. The second-order valence-electron chi connectivity index (χ2n) is 4.91. The molecular weight excluding hydrogens is 212 g/mol. The summed E-state index contributed by atoms with van der Waals surface area (Å²) in [5.41, 5.74) is 0.957. The van der Waals surface area contributed by atoms with Gasteiger partial charge in [0.25, 0.3) is 0 Å². The number of anilines is 1. The third-order valence-corrected chi connectivity index (χ3v) is 3.52. The van der Waals surface area contributed by atoms with Gasteiger partial charge in [-0.15, -0.1) is 5.10 Å². The Morgan fingerprint density at radius 1 is 1.29 bits per heavy atom. The molecule has 0 aromatic carbocycles. The summed E-state index contributed by atoms with van der Waals surface area (Å²) in [5.74, 6) is 0.871. The molecule has 1 aliphatic rings. The van der Waals surface area contributed by atoms with Gasteiger partial charge in [0.15, 0.2) is 0 Å². The first-order valence-corrected chi connectivity index (χ1v) is 6.50. The average Bonchev–Trinajstić information content (AvgIpc) is 2.85. The predicted octanol–water partition coefficient (Wildman–Crippen LogP) is 2.07. The van der Waals surface area contributed by atoms with Crippen molar-refractivity contribution < 1.29 is 0 Å². The maximum absolute atomic E-state index is 4.09. The maximum atomic E-state index is 4.09. The van der Waals surface area contributed by atoms with Gasteiger partial charge in [0.2, 0.25) is 0 Å². The lowest BCUT2D eigenvalue weighted by atomic mass is 10.2. The number of rotatable bonds is 5. The highest BCUT2D eigenvalue weighted by Crippen LogP contribution is 2.21. The number of likely N-dealkylation sites (N-methyl/N-ethyl adjacent to an activating group) is 1. The minimum absolute atomic E-state index is 0.793. The molecule has 4 nitrogen and oxygen atoms in total. The molecule has 1 heterocycles. The lowest BCUT2D eigenvalue weighted by Gasteiger charge is -2.23. The second-order valence-corrected chi connectivity index (χ2v) is 4.91. The minimum atomic E-state index is 0.793. The van der Waals surface area contributed by atoms with E-state index >= 15 is 0 Å². The molecule has 0 aliphatic heterocycles. The van der Waals surface area contributed by atoms with Crippen LogP contribution in [-0.4, -0.2) is 41.3 Å². The molecule has 1 aliphatic carbocycles. The highest BCUT2D eigenvalue weighted by Gasteiger charge is 2.18. The maximum Gasteiger partial charge on any atom is 0.148 e. The van der Waals surface area contributed by atoms with E-state index in [1.54, 1.807) is 0 Å². The fourth-order valence-corrected chi connectivity index (χ4v) is 2.38. The van der Waals surface area contributed by atoms with Crippen LogP contribution >= 0.6 is 0 Å². The van der Waals surface area contributed by atoms with Crippen LogP contribution in [0.15, 0.2) is 12.1 Å². The van der Waals surface area contributed by atoms with Crippen molar-refractivity contribution in [3.8, 4) is 0 Å². The fraction of sp³-hybridized carbons (Fsp3) is 0.692.